The third kappa shape index (κ3) is 3.91. The van der Waals surface area contributed by atoms with Crippen LogP contribution in [0.4, 0.5) is 0 Å². The number of benzene rings is 2. The van der Waals surface area contributed by atoms with Crippen LogP contribution in [0.5, 0.6) is 11.5 Å². The van der Waals surface area contributed by atoms with Crippen LogP contribution in [-0.4, -0.2) is 73.2 Å². The number of fused-ring (bicyclic) bond motifs is 3. The molecule has 0 saturated carbocycles. The molecule has 6 heteroatoms. The first-order valence-electron chi connectivity index (χ1n) is 13.4. The Morgan fingerprint density at radius 2 is 1.63 bits per heavy atom. The topological polar surface area (TPSA) is 60.4 Å². The van der Waals surface area contributed by atoms with Gasteiger partial charge in [-0.1, -0.05) is 30.3 Å². The van der Waals surface area contributed by atoms with Crippen LogP contribution in [0.15, 0.2) is 47.5 Å². The molecule has 2 fully saturated rings. The summed E-state index contributed by atoms with van der Waals surface area (Å²) in [5, 5.41) is 13.4. The lowest BCUT2D eigenvalue weighted by atomic mass is 9.79. The van der Waals surface area contributed by atoms with E-state index in [1.54, 1.807) is 0 Å². The first kappa shape index (κ1) is 21.7. The molecule has 2 saturated heterocycles. The van der Waals surface area contributed by atoms with Gasteiger partial charge < -0.3 is 14.6 Å². The molecule has 0 amide bonds. The summed E-state index contributed by atoms with van der Waals surface area (Å²) in [5.41, 5.74) is 4.14. The molecule has 0 bridgehead atoms. The summed E-state index contributed by atoms with van der Waals surface area (Å²) in [6, 6.07) is 15.9. The summed E-state index contributed by atoms with van der Waals surface area (Å²) in [7, 11) is 0. The Morgan fingerprint density at radius 3 is 2.40 bits per heavy atom. The van der Waals surface area contributed by atoms with E-state index in [-0.39, 0.29) is 17.9 Å². The maximum atomic E-state index is 13.4. The summed E-state index contributed by atoms with van der Waals surface area (Å²) >= 11 is 0. The molecule has 4 heterocycles. The second-order valence-electron chi connectivity index (χ2n) is 11.0. The van der Waals surface area contributed by atoms with Gasteiger partial charge in [-0.05, 0) is 85.8 Å². The Kier molecular flexibility index (Phi) is 5.47. The van der Waals surface area contributed by atoms with Crippen molar-refractivity contribution in [3.8, 4) is 11.5 Å². The first-order chi connectivity index (χ1) is 17.2. The second kappa shape index (κ2) is 8.82. The average Bonchev–Trinajstić information content (AvgIpc) is 3.63. The third-order valence-corrected chi connectivity index (χ3v) is 9.00. The quantitative estimate of drug-likeness (QED) is 0.684. The van der Waals surface area contributed by atoms with Crippen LogP contribution in [0, 0.1) is 11.8 Å². The summed E-state index contributed by atoms with van der Waals surface area (Å²) in [6.07, 6.45) is 5.49. The largest absolute Gasteiger partial charge is 0.862 e. The summed E-state index contributed by atoms with van der Waals surface area (Å²) < 4.78 is 11.5. The highest BCUT2D eigenvalue weighted by Crippen LogP contribution is 2.40. The van der Waals surface area contributed by atoms with E-state index in [1.165, 1.54) is 29.5 Å². The molecule has 0 spiro atoms. The number of aliphatic imine (C=N–C) groups is 1. The molecular formula is C29H34N3O3-. The van der Waals surface area contributed by atoms with Crippen molar-refractivity contribution < 1.29 is 14.6 Å². The van der Waals surface area contributed by atoms with Crippen molar-refractivity contribution in [3.05, 3.63) is 59.2 Å². The Morgan fingerprint density at radius 1 is 0.886 bits per heavy atom. The van der Waals surface area contributed by atoms with Crippen molar-refractivity contribution in [1.29, 1.82) is 0 Å². The van der Waals surface area contributed by atoms with E-state index < -0.39 is 0 Å². The zero-order valence-electron chi connectivity index (χ0n) is 20.3. The number of hydrogen-bond acceptors (Lipinski definition) is 6. The SMILES string of the molecule is [O-]C1=NC(Cc2ccc3c(c2)OCCO3)C(N2CCCC2)C2CN(C3Cc4ccccc4C3)CC12. The van der Waals surface area contributed by atoms with Crippen LogP contribution in [0.1, 0.15) is 29.5 Å². The minimum absolute atomic E-state index is 0.00475. The van der Waals surface area contributed by atoms with Gasteiger partial charge in [0.2, 0.25) is 0 Å². The van der Waals surface area contributed by atoms with Gasteiger partial charge in [0.05, 0.1) is 6.04 Å². The zero-order valence-corrected chi connectivity index (χ0v) is 20.3. The van der Waals surface area contributed by atoms with Crippen molar-refractivity contribution in [3.63, 3.8) is 0 Å². The Bertz CT molecular complexity index is 1100. The predicted molar refractivity (Wildman–Crippen MR) is 133 cm³/mol. The number of nitrogens with zero attached hydrogens (tertiary/aromatic N) is 3. The highest BCUT2D eigenvalue weighted by Gasteiger charge is 2.48. The molecule has 184 valence electrons. The molecular weight excluding hydrogens is 438 g/mol. The number of likely N-dealkylation sites (tertiary alicyclic amines) is 2. The van der Waals surface area contributed by atoms with Crippen LogP contribution in [0.3, 0.4) is 0 Å². The molecule has 4 unspecified atom stereocenters. The molecule has 4 aliphatic heterocycles. The van der Waals surface area contributed by atoms with Gasteiger partial charge in [0.15, 0.2) is 11.5 Å². The van der Waals surface area contributed by atoms with Gasteiger partial charge in [-0.2, -0.15) is 0 Å². The van der Waals surface area contributed by atoms with E-state index in [2.05, 4.69) is 46.2 Å². The van der Waals surface area contributed by atoms with Crippen LogP contribution in [0.25, 0.3) is 0 Å². The lowest BCUT2D eigenvalue weighted by Gasteiger charge is -2.44. The van der Waals surface area contributed by atoms with E-state index in [1.807, 2.05) is 6.07 Å². The van der Waals surface area contributed by atoms with Gasteiger partial charge in [-0.3, -0.25) is 14.8 Å². The summed E-state index contributed by atoms with van der Waals surface area (Å²) in [5.74, 6) is 2.17. The monoisotopic (exact) mass is 472 g/mol. The van der Waals surface area contributed by atoms with Crippen molar-refractivity contribution >= 4 is 5.90 Å². The molecule has 5 aliphatic rings. The van der Waals surface area contributed by atoms with Crippen molar-refractivity contribution in [1.82, 2.24) is 9.80 Å². The molecule has 35 heavy (non-hydrogen) atoms. The lowest BCUT2D eigenvalue weighted by Crippen LogP contribution is -2.55. The second-order valence-corrected chi connectivity index (χ2v) is 11.0. The number of ether oxygens (including phenoxy) is 2. The van der Waals surface area contributed by atoms with Crippen molar-refractivity contribution in [2.24, 2.45) is 16.8 Å². The van der Waals surface area contributed by atoms with Crippen LogP contribution >= 0.6 is 0 Å². The predicted octanol–water partition coefficient (Wildman–Crippen LogP) is 2.32. The van der Waals surface area contributed by atoms with Gasteiger partial charge in [-0.15, -0.1) is 0 Å². The molecule has 0 N–H and O–H groups in total. The van der Waals surface area contributed by atoms with Crippen LogP contribution in [0.2, 0.25) is 0 Å². The normalized spacial score (nSPS) is 30.8. The standard InChI is InChI=1S/C29H35N3O3/c33-29-24-18-32(22-15-20-5-1-2-6-21(20)16-22)17-23(24)28(31-9-3-4-10-31)25(30-29)13-19-7-8-26-27(14-19)35-12-11-34-26/h1-2,5-8,14,22-25,28H,3-4,9-13,15-18H2,(H,30,33)/p-1. The highest BCUT2D eigenvalue weighted by atomic mass is 16.6. The summed E-state index contributed by atoms with van der Waals surface area (Å²) in [4.78, 5) is 10.2. The maximum Gasteiger partial charge on any atom is 0.161 e. The molecule has 2 aromatic rings. The van der Waals surface area contributed by atoms with Crippen molar-refractivity contribution in [2.75, 3.05) is 39.4 Å². The Balaban J connectivity index is 1.14. The average molecular weight is 473 g/mol. The Labute approximate surface area is 207 Å². The van der Waals surface area contributed by atoms with Crippen LogP contribution < -0.4 is 14.6 Å². The molecule has 0 radical (unpaired) electrons. The third-order valence-electron chi connectivity index (χ3n) is 9.00. The van der Waals surface area contributed by atoms with E-state index in [9.17, 15) is 5.11 Å². The minimum atomic E-state index is 0.00475. The molecule has 0 aromatic heterocycles. The van der Waals surface area contributed by atoms with Gasteiger partial charge in [0, 0.05) is 31.1 Å². The highest BCUT2D eigenvalue weighted by molar-refractivity contribution is 5.77. The fourth-order valence-corrected chi connectivity index (χ4v) is 7.36. The Hall–Kier alpha value is -2.57. The van der Waals surface area contributed by atoms with Gasteiger partial charge >= 0.3 is 0 Å². The van der Waals surface area contributed by atoms with E-state index in [4.69, 9.17) is 14.5 Å². The molecule has 7 rings (SSSR count). The van der Waals surface area contributed by atoms with E-state index in [0.717, 1.165) is 56.9 Å². The summed E-state index contributed by atoms with van der Waals surface area (Å²) in [6.45, 7) is 5.33. The van der Waals surface area contributed by atoms with Gasteiger partial charge in [-0.25, -0.2) is 0 Å². The lowest BCUT2D eigenvalue weighted by molar-refractivity contribution is -0.228. The van der Waals surface area contributed by atoms with E-state index >= 15 is 0 Å². The smallest absolute Gasteiger partial charge is 0.161 e. The van der Waals surface area contributed by atoms with Gasteiger partial charge in [0.1, 0.15) is 13.2 Å². The van der Waals surface area contributed by atoms with Crippen LogP contribution in [-0.2, 0) is 19.3 Å². The molecule has 4 atom stereocenters. The minimum Gasteiger partial charge on any atom is -0.862 e. The number of rotatable bonds is 4. The van der Waals surface area contributed by atoms with Crippen molar-refractivity contribution in [2.45, 2.75) is 50.2 Å². The maximum absolute atomic E-state index is 13.4. The molecule has 2 aromatic carbocycles. The number of hydrogen-bond donors (Lipinski definition) is 0. The molecule has 1 aliphatic carbocycles. The fourth-order valence-electron chi connectivity index (χ4n) is 7.36. The fraction of sp³-hybridized carbons (Fsp3) is 0.552. The molecule has 6 nitrogen and oxygen atoms in total. The van der Waals surface area contributed by atoms with E-state index in [0.29, 0.717) is 31.2 Å². The zero-order chi connectivity index (χ0) is 23.4. The first-order valence-corrected chi connectivity index (χ1v) is 13.4. The van der Waals surface area contributed by atoms with Gasteiger partial charge in [0.25, 0.3) is 0 Å².